The minimum Gasteiger partial charge on any atom is -0.489 e. The normalized spacial score (nSPS) is 15.7. The third-order valence-electron chi connectivity index (χ3n) is 6.55. The lowest BCUT2D eigenvalue weighted by atomic mass is 10.0. The van der Waals surface area contributed by atoms with Gasteiger partial charge in [-0.2, -0.15) is 14.5 Å². The van der Waals surface area contributed by atoms with Crippen LogP contribution in [-0.4, -0.2) is 29.6 Å². The minimum absolute atomic E-state index is 0.269. The van der Waals surface area contributed by atoms with Crippen LogP contribution in [0.3, 0.4) is 0 Å². The quantitative estimate of drug-likeness (QED) is 0.435. The molecule has 2 fully saturated rings. The van der Waals surface area contributed by atoms with E-state index in [0.717, 1.165) is 41.1 Å². The van der Waals surface area contributed by atoms with Crippen LogP contribution in [0.4, 0.5) is 0 Å². The Morgan fingerprint density at radius 3 is 2.55 bits per heavy atom. The molecule has 33 heavy (non-hydrogen) atoms. The lowest BCUT2D eigenvalue weighted by Crippen LogP contribution is -2.23. The molecule has 0 spiro atoms. The Balaban J connectivity index is 1.28. The highest BCUT2D eigenvalue weighted by Crippen LogP contribution is 2.43. The van der Waals surface area contributed by atoms with E-state index in [4.69, 9.17) is 9.84 Å². The zero-order valence-electron chi connectivity index (χ0n) is 18.8. The van der Waals surface area contributed by atoms with Gasteiger partial charge in [-0.25, -0.2) is 9.48 Å². The Bertz CT molecular complexity index is 1390. The van der Waals surface area contributed by atoms with Gasteiger partial charge in [0.1, 0.15) is 12.4 Å². The molecule has 4 aromatic rings. The fourth-order valence-corrected chi connectivity index (χ4v) is 4.36. The first-order valence-corrected chi connectivity index (χ1v) is 11.5. The molecule has 2 aromatic carbocycles. The van der Waals surface area contributed by atoms with Crippen molar-refractivity contribution < 1.29 is 4.74 Å². The smallest absolute Gasteiger partial charge is 0.368 e. The fourth-order valence-electron chi connectivity index (χ4n) is 4.36. The van der Waals surface area contributed by atoms with E-state index in [1.807, 2.05) is 42.1 Å². The van der Waals surface area contributed by atoms with Crippen molar-refractivity contribution >= 4 is 0 Å². The van der Waals surface area contributed by atoms with Gasteiger partial charge >= 0.3 is 5.69 Å². The number of ether oxygens (including phenoxy) is 1. The first-order chi connectivity index (χ1) is 16.1. The number of rotatable bonds is 7. The van der Waals surface area contributed by atoms with E-state index in [1.54, 1.807) is 7.05 Å². The van der Waals surface area contributed by atoms with Crippen LogP contribution in [0.1, 0.15) is 59.9 Å². The first-order valence-electron chi connectivity index (χ1n) is 11.5. The van der Waals surface area contributed by atoms with Crippen molar-refractivity contribution in [3.8, 4) is 17.1 Å². The predicted octanol–water partition coefficient (Wildman–Crippen LogP) is 3.79. The molecule has 8 heteroatoms. The highest BCUT2D eigenvalue weighted by Gasteiger charge is 2.28. The monoisotopic (exact) mass is 442 g/mol. The van der Waals surface area contributed by atoms with Gasteiger partial charge in [0.05, 0.1) is 17.1 Å². The maximum Gasteiger partial charge on any atom is 0.368 e. The summed E-state index contributed by atoms with van der Waals surface area (Å²) in [5.74, 6) is 1.97. The summed E-state index contributed by atoms with van der Waals surface area (Å²) < 4.78 is 10.8. The average Bonchev–Trinajstić information content (AvgIpc) is 3.76. The maximum atomic E-state index is 12.5. The molecular weight excluding hydrogens is 416 g/mol. The summed E-state index contributed by atoms with van der Waals surface area (Å²) >= 11 is 0. The molecule has 8 nitrogen and oxygen atoms in total. The van der Waals surface area contributed by atoms with Crippen LogP contribution in [0, 0.1) is 6.92 Å². The molecule has 2 heterocycles. The molecule has 168 valence electrons. The third-order valence-corrected chi connectivity index (χ3v) is 6.55. The number of tetrazole rings is 1. The highest BCUT2D eigenvalue weighted by molar-refractivity contribution is 5.49. The Hall–Kier alpha value is -3.68. The topological polar surface area (TPSA) is 79.8 Å². The molecule has 0 aliphatic heterocycles. The second kappa shape index (κ2) is 7.72. The van der Waals surface area contributed by atoms with Gasteiger partial charge in [-0.1, -0.05) is 12.1 Å². The van der Waals surface area contributed by atoms with Crippen molar-refractivity contribution in [3.63, 3.8) is 0 Å². The van der Waals surface area contributed by atoms with Crippen molar-refractivity contribution in [1.29, 1.82) is 0 Å². The number of benzene rings is 2. The number of aryl methyl sites for hydroxylation is 2. The SMILES string of the molecule is Cc1cc(-n2ccc(C3CC3)n2)ccc1OCc1c(C2CC2)cccc1-n1nnn(C)c1=O. The lowest BCUT2D eigenvalue weighted by Gasteiger charge is -2.16. The van der Waals surface area contributed by atoms with Crippen molar-refractivity contribution in [2.24, 2.45) is 7.05 Å². The van der Waals surface area contributed by atoms with Gasteiger partial charge in [-0.05, 0) is 90.4 Å². The molecule has 2 aromatic heterocycles. The van der Waals surface area contributed by atoms with Crippen LogP contribution in [-0.2, 0) is 13.7 Å². The molecular formula is C25H26N6O2. The number of hydrogen-bond donors (Lipinski definition) is 0. The van der Waals surface area contributed by atoms with Crippen LogP contribution in [0.5, 0.6) is 5.75 Å². The maximum absolute atomic E-state index is 12.5. The zero-order chi connectivity index (χ0) is 22.5. The zero-order valence-corrected chi connectivity index (χ0v) is 18.8. The fraction of sp³-hybridized carbons (Fsp3) is 0.360. The van der Waals surface area contributed by atoms with Crippen LogP contribution >= 0.6 is 0 Å². The summed E-state index contributed by atoms with van der Waals surface area (Å²) in [6.45, 7) is 2.41. The molecule has 0 atom stereocenters. The number of aromatic nitrogens is 6. The molecule has 2 aliphatic rings. The Labute approximate surface area is 191 Å². The van der Waals surface area contributed by atoms with Gasteiger partial charge in [0.2, 0.25) is 0 Å². The lowest BCUT2D eigenvalue weighted by molar-refractivity contribution is 0.302. The van der Waals surface area contributed by atoms with Crippen LogP contribution in [0.2, 0.25) is 0 Å². The first kappa shape index (κ1) is 20.0. The molecule has 0 bridgehead atoms. The Morgan fingerprint density at radius 2 is 1.85 bits per heavy atom. The Morgan fingerprint density at radius 1 is 1.03 bits per heavy atom. The minimum atomic E-state index is -0.269. The third kappa shape index (κ3) is 3.75. The largest absolute Gasteiger partial charge is 0.489 e. The molecule has 0 saturated heterocycles. The second-order valence-electron chi connectivity index (χ2n) is 9.11. The molecule has 2 saturated carbocycles. The van der Waals surface area contributed by atoms with Crippen LogP contribution in [0.15, 0.2) is 53.5 Å². The standard InChI is InChI=1S/C25H26N6O2/c1-16-14-19(30-13-12-22(26-30)18-8-9-18)10-11-24(16)33-15-21-20(17-6-7-17)4-3-5-23(21)31-25(32)29(2)27-28-31/h3-5,10-14,17-18H,6-9,15H2,1-2H3. The summed E-state index contributed by atoms with van der Waals surface area (Å²) in [5, 5.41) is 12.7. The van der Waals surface area contributed by atoms with Crippen molar-refractivity contribution in [3.05, 3.63) is 81.5 Å². The molecule has 0 radical (unpaired) electrons. The van der Waals surface area contributed by atoms with Gasteiger partial charge in [0, 0.05) is 24.7 Å². The van der Waals surface area contributed by atoms with E-state index in [0.29, 0.717) is 18.4 Å². The predicted molar refractivity (Wildman–Crippen MR) is 123 cm³/mol. The summed E-state index contributed by atoms with van der Waals surface area (Å²) in [4.78, 5) is 12.5. The van der Waals surface area contributed by atoms with E-state index in [-0.39, 0.29) is 5.69 Å². The van der Waals surface area contributed by atoms with E-state index in [9.17, 15) is 4.79 Å². The summed E-state index contributed by atoms with van der Waals surface area (Å²) in [6.07, 6.45) is 6.83. The van der Waals surface area contributed by atoms with Crippen molar-refractivity contribution in [2.75, 3.05) is 0 Å². The van der Waals surface area contributed by atoms with E-state index < -0.39 is 0 Å². The van der Waals surface area contributed by atoms with Crippen molar-refractivity contribution in [1.82, 2.24) is 29.6 Å². The van der Waals surface area contributed by atoms with Crippen LogP contribution < -0.4 is 10.4 Å². The van der Waals surface area contributed by atoms with Gasteiger partial charge in [-0.3, -0.25) is 0 Å². The molecule has 0 amide bonds. The molecule has 2 aliphatic carbocycles. The van der Waals surface area contributed by atoms with E-state index >= 15 is 0 Å². The second-order valence-corrected chi connectivity index (χ2v) is 9.11. The summed E-state index contributed by atoms with van der Waals surface area (Å²) in [6, 6.07) is 14.3. The van der Waals surface area contributed by atoms with E-state index in [2.05, 4.69) is 28.6 Å². The molecule has 0 N–H and O–H groups in total. The van der Waals surface area contributed by atoms with Gasteiger partial charge in [-0.15, -0.1) is 0 Å². The summed E-state index contributed by atoms with van der Waals surface area (Å²) in [7, 11) is 1.60. The van der Waals surface area contributed by atoms with Crippen LogP contribution in [0.25, 0.3) is 11.4 Å². The number of nitrogens with zero attached hydrogens (tertiary/aromatic N) is 6. The Kier molecular flexibility index (Phi) is 4.67. The van der Waals surface area contributed by atoms with Crippen molar-refractivity contribution in [2.45, 2.75) is 51.0 Å². The van der Waals surface area contributed by atoms with Gasteiger partial charge in [0.25, 0.3) is 0 Å². The van der Waals surface area contributed by atoms with Gasteiger partial charge < -0.3 is 4.74 Å². The number of hydrogen-bond acceptors (Lipinski definition) is 5. The average molecular weight is 443 g/mol. The highest BCUT2D eigenvalue weighted by atomic mass is 16.5. The summed E-state index contributed by atoms with van der Waals surface area (Å²) in [5.41, 5.74) is 5.92. The molecule has 6 rings (SSSR count). The molecule has 0 unspecified atom stereocenters. The van der Waals surface area contributed by atoms with Gasteiger partial charge in [0.15, 0.2) is 0 Å². The van der Waals surface area contributed by atoms with E-state index in [1.165, 1.54) is 33.5 Å².